The maximum absolute atomic E-state index is 10.6. The van der Waals surface area contributed by atoms with Crippen molar-refractivity contribution < 1.29 is 20.4 Å². The van der Waals surface area contributed by atoms with Crippen LogP contribution in [0.1, 0.15) is 79.6 Å². The minimum Gasteiger partial charge on any atom is -0.393 e. The standard InChI is InChI=1S/C28H44O4/c1-18(13-15-28(6,32)26(3,4)31)23-11-12-24-20(8-7-14-27(23,24)5)9-10-21-16-22(29)17-25(30)19(21)2/h9-10,13,15,18,22-25,29-32H,2,7-8,11-12,14,16-17H2,1,3-6H3/b15-13+,20-9?,21-10?/t18-,22-,23-,24?,25+,27-,28-/m1/s1. The maximum atomic E-state index is 10.6. The maximum Gasteiger partial charge on any atom is 0.108 e. The molecule has 4 heteroatoms. The van der Waals surface area contributed by atoms with E-state index in [1.54, 1.807) is 26.8 Å². The second-order valence-electron chi connectivity index (χ2n) is 11.6. The molecule has 0 aromatic heterocycles. The molecule has 32 heavy (non-hydrogen) atoms. The largest absolute Gasteiger partial charge is 0.393 e. The number of hydrogen-bond acceptors (Lipinski definition) is 4. The summed E-state index contributed by atoms with van der Waals surface area (Å²) in [6.45, 7) is 13.7. The number of aliphatic hydroxyl groups excluding tert-OH is 2. The average molecular weight is 445 g/mol. The van der Waals surface area contributed by atoms with E-state index in [0.29, 0.717) is 30.6 Å². The van der Waals surface area contributed by atoms with Crippen LogP contribution in [0.4, 0.5) is 0 Å². The summed E-state index contributed by atoms with van der Waals surface area (Å²) in [5.74, 6) is 1.39. The number of rotatable bonds is 5. The van der Waals surface area contributed by atoms with Crippen molar-refractivity contribution in [2.75, 3.05) is 0 Å². The van der Waals surface area contributed by atoms with Gasteiger partial charge in [0.05, 0.1) is 17.8 Å². The molecule has 0 aliphatic heterocycles. The van der Waals surface area contributed by atoms with Crippen LogP contribution in [-0.2, 0) is 0 Å². The van der Waals surface area contributed by atoms with E-state index in [4.69, 9.17) is 0 Å². The van der Waals surface area contributed by atoms with E-state index in [-0.39, 0.29) is 5.41 Å². The van der Waals surface area contributed by atoms with Gasteiger partial charge < -0.3 is 20.4 Å². The van der Waals surface area contributed by atoms with Gasteiger partial charge in [-0.05, 0) is 93.6 Å². The molecule has 0 amide bonds. The quantitative estimate of drug-likeness (QED) is 0.457. The second kappa shape index (κ2) is 9.21. The first-order valence-corrected chi connectivity index (χ1v) is 12.4. The van der Waals surface area contributed by atoms with Gasteiger partial charge in [-0.1, -0.05) is 50.3 Å². The minimum absolute atomic E-state index is 0.218. The Morgan fingerprint density at radius 1 is 1.12 bits per heavy atom. The van der Waals surface area contributed by atoms with E-state index in [1.807, 2.05) is 0 Å². The highest BCUT2D eigenvalue weighted by atomic mass is 16.3. The van der Waals surface area contributed by atoms with Crippen LogP contribution in [0.15, 0.2) is 47.6 Å². The smallest absolute Gasteiger partial charge is 0.108 e. The van der Waals surface area contributed by atoms with Gasteiger partial charge in [-0.3, -0.25) is 0 Å². The number of allylic oxidation sites excluding steroid dienone is 4. The summed E-state index contributed by atoms with van der Waals surface area (Å²) in [5, 5.41) is 41.1. The van der Waals surface area contributed by atoms with Crippen LogP contribution in [-0.4, -0.2) is 43.8 Å². The Balaban J connectivity index is 1.78. The molecule has 7 atom stereocenters. The van der Waals surface area contributed by atoms with Gasteiger partial charge in [0.15, 0.2) is 0 Å². The third-order valence-corrected chi connectivity index (χ3v) is 8.90. The Labute approximate surface area is 194 Å². The SMILES string of the molecule is C=C1C(=CC=C2CCC[C@@]3(C)C2CC[C@@H]3[C@H](C)/C=C/[C@@](C)(O)C(C)(C)O)C[C@@H](O)C[C@@H]1O. The lowest BCUT2D eigenvalue weighted by molar-refractivity contribution is -0.0886. The molecule has 0 heterocycles. The van der Waals surface area contributed by atoms with E-state index in [9.17, 15) is 20.4 Å². The molecule has 3 saturated carbocycles. The topological polar surface area (TPSA) is 80.9 Å². The molecular weight excluding hydrogens is 400 g/mol. The molecular formula is C28H44O4. The van der Waals surface area contributed by atoms with E-state index in [0.717, 1.165) is 24.0 Å². The summed E-state index contributed by atoms with van der Waals surface area (Å²) in [6, 6.07) is 0. The highest BCUT2D eigenvalue weighted by Crippen LogP contribution is 2.59. The first kappa shape index (κ1) is 25.4. The third kappa shape index (κ3) is 4.99. The third-order valence-electron chi connectivity index (χ3n) is 8.90. The molecule has 0 spiro atoms. The fourth-order valence-corrected chi connectivity index (χ4v) is 6.29. The van der Waals surface area contributed by atoms with E-state index in [1.165, 1.54) is 24.8 Å². The van der Waals surface area contributed by atoms with Crippen molar-refractivity contribution in [2.24, 2.45) is 23.2 Å². The molecule has 180 valence electrons. The van der Waals surface area contributed by atoms with Crippen molar-refractivity contribution >= 4 is 0 Å². The summed E-state index contributed by atoms with van der Waals surface area (Å²) in [6.07, 6.45) is 13.8. The molecule has 3 aliphatic rings. The second-order valence-corrected chi connectivity index (χ2v) is 11.6. The van der Waals surface area contributed by atoms with Gasteiger partial charge in [0, 0.05) is 6.42 Å². The van der Waals surface area contributed by atoms with Crippen molar-refractivity contribution in [1.82, 2.24) is 0 Å². The van der Waals surface area contributed by atoms with Crippen LogP contribution in [0.3, 0.4) is 0 Å². The summed E-state index contributed by atoms with van der Waals surface area (Å²) in [7, 11) is 0. The average Bonchev–Trinajstić information content (AvgIpc) is 3.04. The van der Waals surface area contributed by atoms with E-state index >= 15 is 0 Å². The van der Waals surface area contributed by atoms with Crippen LogP contribution >= 0.6 is 0 Å². The molecule has 0 radical (unpaired) electrons. The zero-order valence-corrected chi connectivity index (χ0v) is 20.6. The minimum atomic E-state index is -1.26. The van der Waals surface area contributed by atoms with Crippen molar-refractivity contribution in [3.8, 4) is 0 Å². The summed E-state index contributed by atoms with van der Waals surface area (Å²) < 4.78 is 0. The van der Waals surface area contributed by atoms with Crippen LogP contribution in [0.2, 0.25) is 0 Å². The van der Waals surface area contributed by atoms with E-state index in [2.05, 4.69) is 38.7 Å². The summed E-state index contributed by atoms with van der Waals surface area (Å²) in [5.41, 5.74) is 0.958. The first-order chi connectivity index (χ1) is 14.8. The zero-order chi connectivity index (χ0) is 23.9. The molecule has 3 aliphatic carbocycles. The monoisotopic (exact) mass is 444 g/mol. The molecule has 1 unspecified atom stereocenters. The lowest BCUT2D eigenvalue weighted by Crippen LogP contribution is -2.46. The van der Waals surface area contributed by atoms with Crippen LogP contribution in [0.5, 0.6) is 0 Å². The Kier molecular flexibility index (Phi) is 7.32. The predicted molar refractivity (Wildman–Crippen MR) is 130 cm³/mol. The summed E-state index contributed by atoms with van der Waals surface area (Å²) >= 11 is 0. The van der Waals surface area contributed by atoms with Crippen molar-refractivity contribution in [3.05, 3.63) is 47.6 Å². The van der Waals surface area contributed by atoms with Gasteiger partial charge in [0.1, 0.15) is 5.60 Å². The van der Waals surface area contributed by atoms with Gasteiger partial charge in [0.25, 0.3) is 0 Å². The molecule has 4 nitrogen and oxygen atoms in total. The highest BCUT2D eigenvalue weighted by molar-refractivity contribution is 5.38. The number of fused-ring (bicyclic) bond motifs is 1. The zero-order valence-electron chi connectivity index (χ0n) is 20.6. The van der Waals surface area contributed by atoms with Crippen LogP contribution < -0.4 is 0 Å². The van der Waals surface area contributed by atoms with Gasteiger partial charge in [-0.25, -0.2) is 0 Å². The van der Waals surface area contributed by atoms with Gasteiger partial charge in [-0.2, -0.15) is 0 Å². The first-order valence-electron chi connectivity index (χ1n) is 12.4. The van der Waals surface area contributed by atoms with Gasteiger partial charge in [-0.15, -0.1) is 0 Å². The fourth-order valence-electron chi connectivity index (χ4n) is 6.29. The Bertz CT molecular complexity index is 797. The molecule has 3 rings (SSSR count). The lowest BCUT2D eigenvalue weighted by atomic mass is 9.61. The van der Waals surface area contributed by atoms with Crippen molar-refractivity contribution in [1.29, 1.82) is 0 Å². The molecule has 4 N–H and O–H groups in total. The lowest BCUT2D eigenvalue weighted by Gasteiger charge is -2.44. The molecule has 0 saturated heterocycles. The molecule has 0 aromatic carbocycles. The predicted octanol–water partition coefficient (Wildman–Crippen LogP) is 4.84. The van der Waals surface area contributed by atoms with Crippen molar-refractivity contribution in [3.63, 3.8) is 0 Å². The van der Waals surface area contributed by atoms with Crippen LogP contribution in [0.25, 0.3) is 0 Å². The summed E-state index contributed by atoms with van der Waals surface area (Å²) in [4.78, 5) is 0. The van der Waals surface area contributed by atoms with E-state index < -0.39 is 23.4 Å². The van der Waals surface area contributed by atoms with Gasteiger partial charge >= 0.3 is 0 Å². The van der Waals surface area contributed by atoms with Crippen LogP contribution in [0, 0.1) is 23.2 Å². The molecule has 0 bridgehead atoms. The molecule has 3 fully saturated rings. The Morgan fingerprint density at radius 3 is 2.47 bits per heavy atom. The Hall–Kier alpha value is -1.20. The Morgan fingerprint density at radius 2 is 1.81 bits per heavy atom. The molecule has 0 aromatic rings. The van der Waals surface area contributed by atoms with Gasteiger partial charge in [0.2, 0.25) is 0 Å². The fraction of sp³-hybridized carbons (Fsp3) is 0.714. The van der Waals surface area contributed by atoms with Crippen molar-refractivity contribution in [2.45, 2.75) is 103 Å². The highest BCUT2D eigenvalue weighted by Gasteiger charge is 2.50. The normalized spacial score (nSPS) is 39.5. The number of aliphatic hydroxyl groups is 4. The number of hydrogen-bond donors (Lipinski definition) is 4.